The second kappa shape index (κ2) is 7.56. The molecule has 0 fully saturated rings. The SMILES string of the molecule is COc1cc([C@@H](N)[C@@H](O)CC(C)C)ccc1F.Cl. The molecule has 0 radical (unpaired) electrons. The molecule has 0 unspecified atom stereocenters. The van der Waals surface area contributed by atoms with Crippen LogP contribution in [0.5, 0.6) is 5.75 Å². The van der Waals surface area contributed by atoms with Crippen molar-refractivity contribution in [2.24, 2.45) is 11.7 Å². The third-order valence-corrected chi connectivity index (χ3v) is 2.69. The van der Waals surface area contributed by atoms with E-state index < -0.39 is 18.0 Å². The summed E-state index contributed by atoms with van der Waals surface area (Å²) < 4.78 is 18.1. The average molecular weight is 278 g/mol. The van der Waals surface area contributed by atoms with Crippen LogP contribution in [-0.4, -0.2) is 18.3 Å². The molecule has 2 atom stereocenters. The number of hydrogen-bond donors (Lipinski definition) is 2. The Morgan fingerprint density at radius 1 is 1.39 bits per heavy atom. The van der Waals surface area contributed by atoms with Gasteiger partial charge in [0, 0.05) is 0 Å². The first-order chi connectivity index (χ1) is 7.95. The fraction of sp³-hybridized carbons (Fsp3) is 0.538. The summed E-state index contributed by atoms with van der Waals surface area (Å²) in [5.41, 5.74) is 6.61. The van der Waals surface area contributed by atoms with Gasteiger partial charge in [-0.05, 0) is 30.0 Å². The summed E-state index contributed by atoms with van der Waals surface area (Å²) in [5, 5.41) is 9.91. The molecule has 3 nitrogen and oxygen atoms in total. The maximum Gasteiger partial charge on any atom is 0.165 e. The van der Waals surface area contributed by atoms with Crippen LogP contribution in [0.15, 0.2) is 18.2 Å². The highest BCUT2D eigenvalue weighted by Gasteiger charge is 2.19. The third-order valence-electron chi connectivity index (χ3n) is 2.69. The fourth-order valence-corrected chi connectivity index (χ4v) is 1.74. The maximum atomic E-state index is 13.2. The van der Waals surface area contributed by atoms with Crippen molar-refractivity contribution in [2.45, 2.75) is 32.4 Å². The smallest absolute Gasteiger partial charge is 0.165 e. The standard InChI is InChI=1S/C13H20FNO2.ClH/c1-8(2)6-11(16)13(15)9-4-5-10(14)12(7-9)17-3;/h4-5,7-8,11,13,16H,6,15H2,1-3H3;1H/t11-,13+;/m0./s1. The second-order valence-corrected chi connectivity index (χ2v) is 4.62. The van der Waals surface area contributed by atoms with Gasteiger partial charge in [-0.25, -0.2) is 4.39 Å². The largest absolute Gasteiger partial charge is 0.494 e. The molecule has 1 aromatic carbocycles. The summed E-state index contributed by atoms with van der Waals surface area (Å²) in [6, 6.07) is 3.89. The van der Waals surface area contributed by atoms with Crippen LogP contribution in [0.4, 0.5) is 4.39 Å². The Hall–Kier alpha value is -0.840. The lowest BCUT2D eigenvalue weighted by Gasteiger charge is -2.21. The van der Waals surface area contributed by atoms with Crippen LogP contribution in [0.25, 0.3) is 0 Å². The molecule has 1 aromatic rings. The molecule has 0 spiro atoms. The van der Waals surface area contributed by atoms with Gasteiger partial charge in [0.25, 0.3) is 0 Å². The van der Waals surface area contributed by atoms with Crippen molar-refractivity contribution in [2.75, 3.05) is 7.11 Å². The Morgan fingerprint density at radius 3 is 2.50 bits per heavy atom. The summed E-state index contributed by atoms with van der Waals surface area (Å²) in [4.78, 5) is 0. The van der Waals surface area contributed by atoms with Crippen molar-refractivity contribution in [3.63, 3.8) is 0 Å². The molecule has 0 saturated heterocycles. The highest BCUT2D eigenvalue weighted by atomic mass is 35.5. The lowest BCUT2D eigenvalue weighted by molar-refractivity contribution is 0.121. The molecule has 0 bridgehead atoms. The van der Waals surface area contributed by atoms with Crippen LogP contribution in [0.2, 0.25) is 0 Å². The van der Waals surface area contributed by atoms with E-state index in [9.17, 15) is 9.50 Å². The van der Waals surface area contributed by atoms with E-state index in [4.69, 9.17) is 10.5 Å². The Morgan fingerprint density at radius 2 is 2.00 bits per heavy atom. The van der Waals surface area contributed by atoms with Crippen LogP contribution in [0.3, 0.4) is 0 Å². The van der Waals surface area contributed by atoms with Gasteiger partial charge < -0.3 is 15.6 Å². The summed E-state index contributed by atoms with van der Waals surface area (Å²) in [5.74, 6) is 0.0786. The number of aliphatic hydroxyl groups excluding tert-OH is 1. The van der Waals surface area contributed by atoms with E-state index in [0.29, 0.717) is 17.9 Å². The highest BCUT2D eigenvalue weighted by molar-refractivity contribution is 5.85. The Bertz CT molecular complexity index is 374. The van der Waals surface area contributed by atoms with Crippen LogP contribution in [-0.2, 0) is 0 Å². The van der Waals surface area contributed by atoms with Gasteiger partial charge in [0.15, 0.2) is 11.6 Å². The Kier molecular flexibility index (Phi) is 7.21. The van der Waals surface area contributed by atoms with Gasteiger partial charge in [-0.3, -0.25) is 0 Å². The predicted molar refractivity (Wildman–Crippen MR) is 72.6 cm³/mol. The van der Waals surface area contributed by atoms with Gasteiger partial charge in [-0.15, -0.1) is 12.4 Å². The van der Waals surface area contributed by atoms with Crippen LogP contribution >= 0.6 is 12.4 Å². The average Bonchev–Trinajstić information content (AvgIpc) is 2.27. The maximum absolute atomic E-state index is 13.2. The lowest BCUT2D eigenvalue weighted by Crippen LogP contribution is -2.27. The molecule has 0 amide bonds. The van der Waals surface area contributed by atoms with E-state index in [1.54, 1.807) is 6.07 Å². The summed E-state index contributed by atoms with van der Waals surface area (Å²) >= 11 is 0. The van der Waals surface area contributed by atoms with Gasteiger partial charge in [0.1, 0.15) is 0 Å². The summed E-state index contributed by atoms with van der Waals surface area (Å²) in [6.45, 7) is 4.03. The minimum Gasteiger partial charge on any atom is -0.494 e. The molecule has 0 aromatic heterocycles. The molecule has 18 heavy (non-hydrogen) atoms. The van der Waals surface area contributed by atoms with Crippen molar-refractivity contribution in [3.05, 3.63) is 29.6 Å². The Labute approximate surface area is 114 Å². The molecule has 0 aliphatic heterocycles. The number of halogens is 2. The second-order valence-electron chi connectivity index (χ2n) is 4.62. The van der Waals surface area contributed by atoms with Crippen LogP contribution < -0.4 is 10.5 Å². The fourth-order valence-electron chi connectivity index (χ4n) is 1.74. The van der Waals surface area contributed by atoms with Gasteiger partial charge in [-0.2, -0.15) is 0 Å². The lowest BCUT2D eigenvalue weighted by atomic mass is 9.95. The first-order valence-corrected chi connectivity index (χ1v) is 5.72. The molecule has 1 rings (SSSR count). The zero-order valence-corrected chi connectivity index (χ0v) is 11.7. The number of ether oxygens (including phenoxy) is 1. The number of benzene rings is 1. The molecule has 0 heterocycles. The number of rotatable bonds is 5. The molecule has 3 N–H and O–H groups in total. The van der Waals surface area contributed by atoms with Crippen LogP contribution in [0.1, 0.15) is 31.9 Å². The number of nitrogens with two attached hydrogens (primary N) is 1. The first kappa shape index (κ1) is 17.2. The first-order valence-electron chi connectivity index (χ1n) is 5.72. The molecular weight excluding hydrogens is 257 g/mol. The van der Waals surface area contributed by atoms with Crippen molar-refractivity contribution in [1.82, 2.24) is 0 Å². The highest BCUT2D eigenvalue weighted by Crippen LogP contribution is 2.25. The number of aliphatic hydroxyl groups is 1. The number of methoxy groups -OCH3 is 1. The van der Waals surface area contributed by atoms with Gasteiger partial charge in [0.05, 0.1) is 19.3 Å². The third kappa shape index (κ3) is 4.44. The van der Waals surface area contributed by atoms with Crippen molar-refractivity contribution >= 4 is 12.4 Å². The van der Waals surface area contributed by atoms with E-state index in [1.165, 1.54) is 19.2 Å². The summed E-state index contributed by atoms with van der Waals surface area (Å²) in [7, 11) is 1.40. The molecule has 0 aliphatic carbocycles. The van der Waals surface area contributed by atoms with E-state index >= 15 is 0 Å². The molecule has 0 saturated carbocycles. The van der Waals surface area contributed by atoms with Gasteiger partial charge in [-0.1, -0.05) is 19.9 Å². The molecule has 0 aliphatic rings. The molecule has 5 heteroatoms. The van der Waals surface area contributed by atoms with Crippen molar-refractivity contribution in [3.8, 4) is 5.75 Å². The van der Waals surface area contributed by atoms with E-state index in [0.717, 1.165) is 0 Å². The Balaban J connectivity index is 0.00000289. The van der Waals surface area contributed by atoms with Crippen LogP contribution in [0, 0.1) is 11.7 Å². The van der Waals surface area contributed by atoms with Gasteiger partial charge in [0.2, 0.25) is 0 Å². The number of hydrogen-bond acceptors (Lipinski definition) is 3. The van der Waals surface area contributed by atoms with E-state index in [1.807, 2.05) is 13.8 Å². The monoisotopic (exact) mass is 277 g/mol. The quantitative estimate of drug-likeness (QED) is 0.870. The van der Waals surface area contributed by atoms with Crippen molar-refractivity contribution < 1.29 is 14.2 Å². The summed E-state index contributed by atoms with van der Waals surface area (Å²) in [6.07, 6.45) is -0.0221. The van der Waals surface area contributed by atoms with Gasteiger partial charge >= 0.3 is 0 Å². The van der Waals surface area contributed by atoms with E-state index in [2.05, 4.69) is 0 Å². The minimum atomic E-state index is -0.634. The minimum absolute atomic E-state index is 0. The molecular formula is C13H21ClFNO2. The normalized spacial score (nSPS) is 13.9. The zero-order valence-electron chi connectivity index (χ0n) is 10.9. The van der Waals surface area contributed by atoms with Crippen molar-refractivity contribution in [1.29, 1.82) is 0 Å². The topological polar surface area (TPSA) is 55.5 Å². The predicted octanol–water partition coefficient (Wildman–Crippen LogP) is 2.66. The zero-order chi connectivity index (χ0) is 13.0. The van der Waals surface area contributed by atoms with E-state index in [-0.39, 0.29) is 18.2 Å². The molecule has 104 valence electrons.